The zero-order valence-electron chi connectivity index (χ0n) is 19.6. The van der Waals surface area contributed by atoms with E-state index in [2.05, 4.69) is 34.9 Å². The van der Waals surface area contributed by atoms with Crippen molar-refractivity contribution in [1.29, 1.82) is 0 Å². The number of nitrogens with one attached hydrogen (secondary N) is 2. The number of carboxylic acids is 1. The van der Waals surface area contributed by atoms with Gasteiger partial charge in [0, 0.05) is 31.5 Å². The average Bonchev–Trinajstić information content (AvgIpc) is 3.13. The van der Waals surface area contributed by atoms with Crippen molar-refractivity contribution in [3.05, 3.63) is 59.7 Å². The molecule has 2 aromatic carbocycles. The molecule has 3 rings (SSSR count). The van der Waals surface area contributed by atoms with Crippen molar-refractivity contribution < 1.29 is 29.0 Å². The third-order valence-corrected chi connectivity index (χ3v) is 5.83. The topological polar surface area (TPSA) is 114 Å². The van der Waals surface area contributed by atoms with E-state index in [1.165, 1.54) is 0 Å². The molecule has 0 aliphatic heterocycles. The van der Waals surface area contributed by atoms with Crippen LogP contribution in [-0.4, -0.2) is 55.0 Å². The van der Waals surface area contributed by atoms with Gasteiger partial charge in [0.1, 0.15) is 6.61 Å². The number of carboxylic acid groups (broad SMARTS) is 1. The van der Waals surface area contributed by atoms with Gasteiger partial charge < -0.3 is 25.2 Å². The number of amides is 2. The molecule has 3 N–H and O–H groups in total. The van der Waals surface area contributed by atoms with Gasteiger partial charge in [0.05, 0.1) is 12.5 Å². The summed E-state index contributed by atoms with van der Waals surface area (Å²) in [7, 11) is 0. The smallest absolute Gasteiger partial charge is 0.407 e. The van der Waals surface area contributed by atoms with Gasteiger partial charge in [-0.3, -0.25) is 9.59 Å². The predicted octanol–water partition coefficient (Wildman–Crippen LogP) is 3.69. The number of fused-ring (bicyclic) bond motifs is 3. The minimum absolute atomic E-state index is 0.0142. The first-order chi connectivity index (χ1) is 16.4. The molecule has 2 aromatic rings. The van der Waals surface area contributed by atoms with Gasteiger partial charge >= 0.3 is 12.1 Å². The third kappa shape index (κ3) is 6.81. The monoisotopic (exact) mass is 468 g/mol. The first-order valence-corrected chi connectivity index (χ1v) is 11.6. The van der Waals surface area contributed by atoms with Gasteiger partial charge in [0.25, 0.3) is 0 Å². The molecule has 0 heterocycles. The highest BCUT2D eigenvalue weighted by Gasteiger charge is 2.29. The van der Waals surface area contributed by atoms with Gasteiger partial charge in [-0.1, -0.05) is 48.5 Å². The van der Waals surface area contributed by atoms with Gasteiger partial charge in [0.2, 0.25) is 5.91 Å². The number of alkyl carbamates (subject to hydrolysis) is 1. The molecule has 2 unspecified atom stereocenters. The van der Waals surface area contributed by atoms with E-state index in [4.69, 9.17) is 14.6 Å². The Kier molecular flexibility index (Phi) is 9.04. The minimum Gasteiger partial charge on any atom is -0.481 e. The first kappa shape index (κ1) is 25.2. The summed E-state index contributed by atoms with van der Waals surface area (Å²) in [6.45, 7) is 4.29. The molecule has 0 bridgehead atoms. The predicted molar refractivity (Wildman–Crippen MR) is 128 cm³/mol. The molecular formula is C26H32N2O6. The normalized spacial score (nSPS) is 13.9. The second kappa shape index (κ2) is 12.2. The first-order valence-electron chi connectivity index (χ1n) is 11.6. The van der Waals surface area contributed by atoms with Gasteiger partial charge in [-0.05, 0) is 42.5 Å². The Morgan fingerprint density at radius 2 is 1.65 bits per heavy atom. The Balaban J connectivity index is 1.48. The van der Waals surface area contributed by atoms with Crippen LogP contribution >= 0.6 is 0 Å². The maximum atomic E-state index is 12.4. The van der Waals surface area contributed by atoms with Crippen LogP contribution in [0.25, 0.3) is 11.1 Å². The highest BCUT2D eigenvalue weighted by molar-refractivity contribution is 5.79. The summed E-state index contributed by atoms with van der Waals surface area (Å²) < 4.78 is 11.1. The fourth-order valence-corrected chi connectivity index (χ4v) is 4.23. The summed E-state index contributed by atoms with van der Waals surface area (Å²) in [5, 5.41) is 14.2. The zero-order chi connectivity index (χ0) is 24.5. The van der Waals surface area contributed by atoms with E-state index in [0.29, 0.717) is 13.0 Å². The molecule has 8 heteroatoms. The van der Waals surface area contributed by atoms with Gasteiger partial charge in [-0.15, -0.1) is 0 Å². The fraction of sp³-hybridized carbons (Fsp3) is 0.423. The van der Waals surface area contributed by atoms with E-state index in [9.17, 15) is 14.4 Å². The van der Waals surface area contributed by atoms with Crippen molar-refractivity contribution in [2.45, 2.75) is 51.2 Å². The number of hydrogen-bond donors (Lipinski definition) is 3. The fourth-order valence-electron chi connectivity index (χ4n) is 4.23. The van der Waals surface area contributed by atoms with E-state index < -0.39 is 18.2 Å². The largest absolute Gasteiger partial charge is 0.481 e. The molecule has 0 spiro atoms. The quantitative estimate of drug-likeness (QED) is 0.438. The summed E-state index contributed by atoms with van der Waals surface area (Å²) >= 11 is 0. The second-order valence-corrected chi connectivity index (χ2v) is 8.39. The van der Waals surface area contributed by atoms with Crippen molar-refractivity contribution in [2.24, 2.45) is 0 Å². The molecule has 0 saturated carbocycles. The van der Waals surface area contributed by atoms with E-state index in [-0.39, 0.29) is 43.9 Å². The third-order valence-electron chi connectivity index (χ3n) is 5.83. The number of ether oxygens (including phenoxy) is 2. The molecule has 34 heavy (non-hydrogen) atoms. The molecule has 2 amide bonds. The van der Waals surface area contributed by atoms with Crippen LogP contribution in [0.3, 0.4) is 0 Å². The molecule has 1 aliphatic carbocycles. The Bertz CT molecular complexity index is 963. The van der Waals surface area contributed by atoms with Crippen LogP contribution in [0.2, 0.25) is 0 Å². The van der Waals surface area contributed by atoms with Crippen molar-refractivity contribution in [3.63, 3.8) is 0 Å². The van der Waals surface area contributed by atoms with Crippen LogP contribution in [0.15, 0.2) is 48.5 Å². The number of benzene rings is 2. The van der Waals surface area contributed by atoms with E-state index >= 15 is 0 Å². The van der Waals surface area contributed by atoms with Crippen molar-refractivity contribution in [3.8, 4) is 11.1 Å². The summed E-state index contributed by atoms with van der Waals surface area (Å²) in [5.74, 6) is -1.19. The van der Waals surface area contributed by atoms with Gasteiger partial charge in [-0.2, -0.15) is 0 Å². The number of hydrogen-bond acceptors (Lipinski definition) is 5. The molecular weight excluding hydrogens is 436 g/mol. The lowest BCUT2D eigenvalue weighted by Crippen LogP contribution is -2.40. The Morgan fingerprint density at radius 1 is 1.03 bits per heavy atom. The summed E-state index contributed by atoms with van der Waals surface area (Å²) in [6.07, 6.45) is -0.702. The van der Waals surface area contributed by atoms with Crippen molar-refractivity contribution >= 4 is 18.0 Å². The highest BCUT2D eigenvalue weighted by Crippen LogP contribution is 2.44. The summed E-state index contributed by atoms with van der Waals surface area (Å²) in [6, 6.07) is 16.0. The van der Waals surface area contributed by atoms with E-state index in [0.717, 1.165) is 22.3 Å². The van der Waals surface area contributed by atoms with Crippen LogP contribution in [0.5, 0.6) is 0 Å². The maximum Gasteiger partial charge on any atom is 0.407 e. The van der Waals surface area contributed by atoms with Crippen LogP contribution in [0.4, 0.5) is 4.79 Å². The minimum atomic E-state index is -0.902. The standard InChI is InChI=1S/C26H32N2O6/c1-3-33-18(14-24(29)28-17(2)12-13-25(30)31)15-27-26(32)34-16-23-21-10-6-4-8-19(21)20-9-5-7-11-22(20)23/h4-11,17-18,23H,3,12-16H2,1-2H3,(H,27,32)(H,28,29)(H,30,31). The van der Waals surface area contributed by atoms with Crippen molar-refractivity contribution in [1.82, 2.24) is 10.6 Å². The van der Waals surface area contributed by atoms with Gasteiger partial charge in [0.15, 0.2) is 0 Å². The van der Waals surface area contributed by atoms with E-state index in [1.807, 2.05) is 31.2 Å². The molecule has 8 nitrogen and oxygen atoms in total. The number of aliphatic carboxylic acids is 1. The molecule has 0 radical (unpaired) electrons. The second-order valence-electron chi connectivity index (χ2n) is 8.39. The highest BCUT2D eigenvalue weighted by atomic mass is 16.5. The molecule has 1 aliphatic rings. The summed E-state index contributed by atoms with van der Waals surface area (Å²) in [5.41, 5.74) is 4.59. The Hall–Kier alpha value is -3.39. The van der Waals surface area contributed by atoms with Crippen LogP contribution in [-0.2, 0) is 19.1 Å². The Morgan fingerprint density at radius 3 is 2.24 bits per heavy atom. The Labute approximate surface area is 199 Å². The lowest BCUT2D eigenvalue weighted by Gasteiger charge is -2.20. The molecule has 2 atom stereocenters. The average molecular weight is 469 g/mol. The van der Waals surface area contributed by atoms with Crippen molar-refractivity contribution in [2.75, 3.05) is 19.8 Å². The maximum absolute atomic E-state index is 12.4. The van der Waals surface area contributed by atoms with Gasteiger partial charge in [-0.25, -0.2) is 4.79 Å². The number of rotatable bonds is 12. The zero-order valence-corrected chi connectivity index (χ0v) is 19.6. The number of carbonyl (C=O) groups excluding carboxylic acids is 2. The van der Waals surface area contributed by atoms with Crippen LogP contribution in [0.1, 0.15) is 50.2 Å². The molecule has 0 aromatic heterocycles. The number of carbonyl (C=O) groups is 3. The lowest BCUT2D eigenvalue weighted by molar-refractivity contribution is -0.137. The molecule has 0 saturated heterocycles. The van der Waals surface area contributed by atoms with Crippen LogP contribution < -0.4 is 10.6 Å². The SMILES string of the molecule is CCOC(CNC(=O)OCC1c2ccccc2-c2ccccc21)CC(=O)NC(C)CCC(=O)O. The van der Waals surface area contributed by atoms with E-state index in [1.54, 1.807) is 6.92 Å². The molecule has 182 valence electrons. The lowest BCUT2D eigenvalue weighted by atomic mass is 9.98. The van der Waals surface area contributed by atoms with Crippen LogP contribution in [0, 0.1) is 0 Å². The molecule has 0 fully saturated rings. The summed E-state index contributed by atoms with van der Waals surface area (Å²) in [4.78, 5) is 35.4.